The van der Waals surface area contributed by atoms with Gasteiger partial charge in [0.05, 0.1) is 0 Å². The Morgan fingerprint density at radius 2 is 2.38 bits per heavy atom. The lowest BCUT2D eigenvalue weighted by atomic mass is 10.2. The molecular formula is C11H13Cl2N3. The normalized spacial score (nSPS) is 21.2. The number of likely N-dealkylation sites (tertiary alicyclic amines) is 1. The van der Waals surface area contributed by atoms with E-state index >= 15 is 0 Å². The van der Waals surface area contributed by atoms with Crippen LogP contribution in [0.3, 0.4) is 0 Å². The van der Waals surface area contributed by atoms with E-state index in [1.807, 2.05) is 6.08 Å². The van der Waals surface area contributed by atoms with Crippen LogP contribution >= 0.6 is 23.2 Å². The summed E-state index contributed by atoms with van der Waals surface area (Å²) in [5, 5.41) is 0.630. The van der Waals surface area contributed by atoms with Gasteiger partial charge >= 0.3 is 0 Å². The minimum atomic E-state index is 0.190. The molecule has 2 rings (SSSR count). The van der Waals surface area contributed by atoms with Crippen molar-refractivity contribution in [2.24, 2.45) is 0 Å². The van der Waals surface area contributed by atoms with Crippen LogP contribution in [0.25, 0.3) is 0 Å². The molecule has 1 atom stereocenters. The Morgan fingerprint density at radius 3 is 3.06 bits per heavy atom. The van der Waals surface area contributed by atoms with E-state index < -0.39 is 0 Å². The molecule has 0 saturated carbocycles. The lowest BCUT2D eigenvalue weighted by Gasteiger charge is -2.21. The molecule has 0 spiro atoms. The maximum Gasteiger partial charge on any atom is 0.223 e. The molecule has 16 heavy (non-hydrogen) atoms. The Hall–Kier alpha value is -0.640. The van der Waals surface area contributed by atoms with Gasteiger partial charge in [-0.2, -0.15) is 0 Å². The largest absolute Gasteiger partial charge is 0.293 e. The molecule has 86 valence electrons. The highest BCUT2D eigenvalue weighted by Gasteiger charge is 2.22. The van der Waals surface area contributed by atoms with Crippen molar-refractivity contribution in [3.63, 3.8) is 0 Å². The molecule has 0 amide bonds. The number of hydrogen-bond donors (Lipinski definition) is 0. The molecule has 1 aliphatic heterocycles. The highest BCUT2D eigenvalue weighted by Crippen LogP contribution is 2.23. The average Bonchev–Trinajstić information content (AvgIpc) is 2.69. The average molecular weight is 258 g/mol. The Kier molecular flexibility index (Phi) is 3.79. The summed E-state index contributed by atoms with van der Waals surface area (Å²) in [6.07, 6.45) is 6.03. The number of halogens is 2. The molecule has 0 aromatic carbocycles. The third-order valence-electron chi connectivity index (χ3n) is 2.84. The predicted molar refractivity (Wildman–Crippen MR) is 65.7 cm³/mol. The quantitative estimate of drug-likeness (QED) is 0.474. The van der Waals surface area contributed by atoms with Crippen molar-refractivity contribution >= 4 is 23.2 Å². The van der Waals surface area contributed by atoms with Crippen molar-refractivity contribution in [3.8, 4) is 0 Å². The second-order valence-corrected chi connectivity index (χ2v) is 4.57. The monoisotopic (exact) mass is 257 g/mol. The highest BCUT2D eigenvalue weighted by molar-refractivity contribution is 6.32. The van der Waals surface area contributed by atoms with Crippen LogP contribution < -0.4 is 0 Å². The van der Waals surface area contributed by atoms with E-state index in [0.29, 0.717) is 11.2 Å². The molecule has 0 aliphatic carbocycles. The molecule has 0 unspecified atom stereocenters. The van der Waals surface area contributed by atoms with Crippen LogP contribution in [0.4, 0.5) is 0 Å². The molecule has 2 heterocycles. The van der Waals surface area contributed by atoms with Gasteiger partial charge in [0.1, 0.15) is 5.15 Å². The van der Waals surface area contributed by atoms with Gasteiger partial charge in [0.25, 0.3) is 0 Å². The van der Waals surface area contributed by atoms with E-state index in [0.717, 1.165) is 25.1 Å². The maximum absolute atomic E-state index is 6.01. The summed E-state index contributed by atoms with van der Waals surface area (Å²) < 4.78 is 0. The molecule has 5 heteroatoms. The van der Waals surface area contributed by atoms with Gasteiger partial charge in [-0.25, -0.2) is 9.97 Å². The van der Waals surface area contributed by atoms with Gasteiger partial charge in [0.2, 0.25) is 5.28 Å². The van der Waals surface area contributed by atoms with Crippen LogP contribution in [-0.4, -0.2) is 27.5 Å². The van der Waals surface area contributed by atoms with Crippen LogP contribution in [0.5, 0.6) is 0 Å². The third kappa shape index (κ3) is 2.54. The van der Waals surface area contributed by atoms with Gasteiger partial charge in [-0.3, -0.25) is 4.90 Å². The summed E-state index contributed by atoms with van der Waals surface area (Å²) in [7, 11) is 0. The van der Waals surface area contributed by atoms with Crippen molar-refractivity contribution in [1.82, 2.24) is 14.9 Å². The number of rotatable bonds is 3. The van der Waals surface area contributed by atoms with Crippen LogP contribution in [-0.2, 0) is 6.54 Å². The Labute approximate surface area is 105 Å². The molecule has 0 radical (unpaired) electrons. The highest BCUT2D eigenvalue weighted by atomic mass is 35.5. The van der Waals surface area contributed by atoms with E-state index in [4.69, 9.17) is 23.2 Å². The van der Waals surface area contributed by atoms with Crippen LogP contribution in [0, 0.1) is 0 Å². The lowest BCUT2D eigenvalue weighted by Crippen LogP contribution is -2.27. The lowest BCUT2D eigenvalue weighted by molar-refractivity contribution is 0.281. The fourth-order valence-corrected chi connectivity index (χ4v) is 2.37. The molecule has 1 aromatic rings. The molecular weight excluding hydrogens is 245 g/mol. The van der Waals surface area contributed by atoms with Gasteiger partial charge in [-0.05, 0) is 31.0 Å². The van der Waals surface area contributed by atoms with Gasteiger partial charge in [0.15, 0.2) is 0 Å². The van der Waals surface area contributed by atoms with Crippen LogP contribution in [0.2, 0.25) is 10.4 Å². The first kappa shape index (κ1) is 11.8. The van der Waals surface area contributed by atoms with E-state index in [2.05, 4.69) is 21.4 Å². The second-order valence-electron chi connectivity index (χ2n) is 3.87. The zero-order valence-corrected chi connectivity index (χ0v) is 10.4. The van der Waals surface area contributed by atoms with Crippen LogP contribution in [0.15, 0.2) is 18.9 Å². The standard InChI is InChI=1S/C11H13Cl2N3/c1-2-9-4-3-5-16(9)7-8-6-14-11(13)15-10(8)12/h2,6,9H,1,3-5,7H2/t9-/m0/s1. The first-order chi connectivity index (χ1) is 7.70. The summed E-state index contributed by atoms with van der Waals surface area (Å²) in [5.74, 6) is 0. The number of hydrogen-bond acceptors (Lipinski definition) is 3. The first-order valence-electron chi connectivity index (χ1n) is 5.24. The predicted octanol–water partition coefficient (Wildman–Crippen LogP) is 2.93. The summed E-state index contributed by atoms with van der Waals surface area (Å²) in [6.45, 7) is 5.67. The molecule has 3 nitrogen and oxygen atoms in total. The van der Waals surface area contributed by atoms with Crippen molar-refractivity contribution in [3.05, 3.63) is 34.9 Å². The first-order valence-corrected chi connectivity index (χ1v) is 6.00. The van der Waals surface area contributed by atoms with Gasteiger partial charge in [0, 0.05) is 24.3 Å². The van der Waals surface area contributed by atoms with E-state index in [-0.39, 0.29) is 5.28 Å². The fourth-order valence-electron chi connectivity index (χ4n) is 2.01. The Morgan fingerprint density at radius 1 is 1.56 bits per heavy atom. The topological polar surface area (TPSA) is 29.0 Å². The number of aromatic nitrogens is 2. The summed E-state index contributed by atoms with van der Waals surface area (Å²) >= 11 is 11.7. The smallest absolute Gasteiger partial charge is 0.223 e. The summed E-state index contributed by atoms with van der Waals surface area (Å²) in [4.78, 5) is 10.2. The molecule has 1 saturated heterocycles. The van der Waals surface area contributed by atoms with Crippen molar-refractivity contribution in [2.45, 2.75) is 25.4 Å². The van der Waals surface area contributed by atoms with Crippen molar-refractivity contribution < 1.29 is 0 Å². The van der Waals surface area contributed by atoms with Gasteiger partial charge < -0.3 is 0 Å². The Balaban J connectivity index is 2.11. The third-order valence-corrected chi connectivity index (χ3v) is 3.35. The maximum atomic E-state index is 6.01. The summed E-state index contributed by atoms with van der Waals surface area (Å²) in [6, 6.07) is 0.437. The number of nitrogens with zero attached hydrogens (tertiary/aromatic N) is 3. The van der Waals surface area contributed by atoms with E-state index in [9.17, 15) is 0 Å². The Bertz CT molecular complexity index is 395. The fraction of sp³-hybridized carbons (Fsp3) is 0.455. The molecule has 1 aliphatic rings. The second kappa shape index (κ2) is 5.13. The van der Waals surface area contributed by atoms with Crippen molar-refractivity contribution in [2.75, 3.05) is 6.54 Å². The molecule has 1 fully saturated rings. The zero-order chi connectivity index (χ0) is 11.5. The zero-order valence-electron chi connectivity index (χ0n) is 8.87. The molecule has 1 aromatic heterocycles. The van der Waals surface area contributed by atoms with E-state index in [1.165, 1.54) is 6.42 Å². The van der Waals surface area contributed by atoms with Gasteiger partial charge in [-0.1, -0.05) is 17.7 Å². The van der Waals surface area contributed by atoms with Gasteiger partial charge in [-0.15, -0.1) is 6.58 Å². The molecule has 0 bridgehead atoms. The SMILES string of the molecule is C=C[C@H]1CCCN1Cc1cnc(Cl)nc1Cl. The minimum absolute atomic E-state index is 0.190. The molecule has 0 N–H and O–H groups in total. The minimum Gasteiger partial charge on any atom is -0.293 e. The summed E-state index contributed by atoms with van der Waals surface area (Å²) in [5.41, 5.74) is 0.916. The van der Waals surface area contributed by atoms with Crippen LogP contribution in [0.1, 0.15) is 18.4 Å². The van der Waals surface area contributed by atoms with Crippen molar-refractivity contribution in [1.29, 1.82) is 0 Å². The van der Waals surface area contributed by atoms with E-state index in [1.54, 1.807) is 6.20 Å².